The van der Waals surface area contributed by atoms with Gasteiger partial charge >= 0.3 is 37.4 Å². The van der Waals surface area contributed by atoms with Crippen molar-refractivity contribution in [3.63, 3.8) is 0 Å². The number of hydrogen-bond donors (Lipinski definition) is 0. The minimum atomic E-state index is -4.72. The fourth-order valence-electron chi connectivity index (χ4n) is 2.07. The molecule has 0 amide bonds. The smallest absolute Gasteiger partial charge is 0.726 e. The minimum absolute atomic E-state index is 0. The first kappa shape index (κ1) is 26.1. The molecule has 0 aliphatic heterocycles. The van der Waals surface area contributed by atoms with E-state index in [0.717, 1.165) is 11.1 Å². The van der Waals surface area contributed by atoms with Gasteiger partial charge in [0.15, 0.2) is 0 Å². The molecule has 0 saturated heterocycles. The second-order valence-electron chi connectivity index (χ2n) is 6.03. The SMILES string of the molecule is Cc1ccc(OP(=O)(OCCCCOS(=O)(=O)[O-])Oc2ccc(C)cc2)cc1.[Na+]. The van der Waals surface area contributed by atoms with Crippen LogP contribution in [-0.2, 0) is 23.7 Å². The van der Waals surface area contributed by atoms with Crippen molar-refractivity contribution in [2.24, 2.45) is 0 Å². The van der Waals surface area contributed by atoms with Crippen molar-refractivity contribution in [3.8, 4) is 11.5 Å². The molecule has 0 bridgehead atoms. The Labute approximate surface area is 193 Å². The molecule has 0 aliphatic rings. The molecule has 154 valence electrons. The van der Waals surface area contributed by atoms with Gasteiger partial charge in [0.2, 0.25) is 10.4 Å². The van der Waals surface area contributed by atoms with Gasteiger partial charge in [0.05, 0.1) is 13.2 Å². The molecule has 0 heterocycles. The van der Waals surface area contributed by atoms with Gasteiger partial charge in [-0.2, -0.15) is 0 Å². The summed E-state index contributed by atoms with van der Waals surface area (Å²) in [5.74, 6) is 0.642. The molecule has 11 heteroatoms. The molecule has 0 aromatic heterocycles. The van der Waals surface area contributed by atoms with E-state index in [9.17, 15) is 17.5 Å². The van der Waals surface area contributed by atoms with Gasteiger partial charge in [-0.1, -0.05) is 35.4 Å². The Morgan fingerprint density at radius 3 is 1.66 bits per heavy atom. The van der Waals surface area contributed by atoms with Gasteiger partial charge in [-0.15, -0.1) is 0 Å². The van der Waals surface area contributed by atoms with Crippen molar-refractivity contribution < 1.29 is 64.8 Å². The van der Waals surface area contributed by atoms with E-state index in [1.807, 2.05) is 13.8 Å². The molecule has 2 rings (SSSR count). The Bertz CT molecular complexity index is 849. The molecule has 8 nitrogen and oxygen atoms in total. The van der Waals surface area contributed by atoms with Gasteiger partial charge in [-0.3, -0.25) is 8.71 Å². The standard InChI is InChI=1S/C18H23O8PS.Na/c1-15-5-9-17(10-6-15)25-27(19,26-18-11-7-16(2)8-12-18)23-13-3-4-14-24-28(20,21)22;/h5-12H,3-4,13-14H2,1-2H3,(H,20,21,22);/q;+1/p-1. The third-order valence-corrected chi connectivity index (χ3v) is 5.32. The van der Waals surface area contributed by atoms with Gasteiger partial charge in [-0.05, 0) is 51.0 Å². The van der Waals surface area contributed by atoms with Gasteiger partial charge in [0.25, 0.3) is 0 Å². The fourth-order valence-corrected chi connectivity index (χ4v) is 3.65. The van der Waals surface area contributed by atoms with Crippen LogP contribution in [0.3, 0.4) is 0 Å². The van der Waals surface area contributed by atoms with Gasteiger partial charge < -0.3 is 13.6 Å². The number of aryl methyl sites for hydroxylation is 2. The number of rotatable bonds is 11. The summed E-state index contributed by atoms with van der Waals surface area (Å²) in [4.78, 5) is 0. The maximum absolute atomic E-state index is 13.1. The van der Waals surface area contributed by atoms with Crippen molar-refractivity contribution in [3.05, 3.63) is 59.7 Å². The van der Waals surface area contributed by atoms with Gasteiger partial charge in [0, 0.05) is 0 Å². The van der Waals surface area contributed by atoms with Crippen molar-refractivity contribution >= 4 is 18.2 Å². The van der Waals surface area contributed by atoms with E-state index in [2.05, 4.69) is 4.18 Å². The van der Waals surface area contributed by atoms with E-state index in [0.29, 0.717) is 11.5 Å². The first-order valence-electron chi connectivity index (χ1n) is 8.53. The molecule has 0 aliphatic carbocycles. The predicted molar refractivity (Wildman–Crippen MR) is 102 cm³/mol. The predicted octanol–water partition coefficient (Wildman–Crippen LogP) is 1.15. The van der Waals surface area contributed by atoms with Crippen LogP contribution in [0.2, 0.25) is 0 Å². The van der Waals surface area contributed by atoms with Crippen LogP contribution in [0.5, 0.6) is 11.5 Å². The van der Waals surface area contributed by atoms with Crippen molar-refractivity contribution in [2.45, 2.75) is 26.7 Å². The van der Waals surface area contributed by atoms with Crippen LogP contribution in [0.15, 0.2) is 48.5 Å². The average molecular weight is 452 g/mol. The fraction of sp³-hybridized carbons (Fsp3) is 0.333. The van der Waals surface area contributed by atoms with Crippen LogP contribution in [-0.4, -0.2) is 26.2 Å². The zero-order chi connectivity index (χ0) is 20.6. The molecule has 0 spiro atoms. The van der Waals surface area contributed by atoms with E-state index in [-0.39, 0.29) is 55.6 Å². The molecule has 29 heavy (non-hydrogen) atoms. The Hall–Kier alpha value is -0.900. The van der Waals surface area contributed by atoms with E-state index < -0.39 is 18.2 Å². The van der Waals surface area contributed by atoms with E-state index in [1.54, 1.807) is 48.5 Å². The maximum Gasteiger partial charge on any atom is 1.00 e. The molecule has 2 aromatic rings. The van der Waals surface area contributed by atoms with E-state index in [4.69, 9.17) is 13.6 Å². The summed E-state index contributed by atoms with van der Waals surface area (Å²) in [5.41, 5.74) is 2.02. The topological polar surface area (TPSA) is 111 Å². The Balaban J connectivity index is 0.00000420. The Kier molecular flexibility index (Phi) is 10.9. The Morgan fingerprint density at radius 2 is 1.24 bits per heavy atom. The third-order valence-electron chi connectivity index (χ3n) is 3.49. The molecule has 0 saturated carbocycles. The zero-order valence-electron chi connectivity index (χ0n) is 16.6. The van der Waals surface area contributed by atoms with Crippen LogP contribution < -0.4 is 38.6 Å². The summed E-state index contributed by atoms with van der Waals surface area (Å²) in [6, 6.07) is 13.8. The largest absolute Gasteiger partial charge is 1.00 e. The summed E-state index contributed by atoms with van der Waals surface area (Å²) in [6.07, 6.45) is 0.505. The Morgan fingerprint density at radius 1 is 0.828 bits per heavy atom. The molecule has 0 radical (unpaired) electrons. The first-order valence-corrected chi connectivity index (χ1v) is 11.3. The molecule has 0 N–H and O–H groups in total. The molecule has 2 aromatic carbocycles. The molecule has 0 atom stereocenters. The third kappa shape index (κ3) is 10.6. The molecular weight excluding hydrogens is 430 g/mol. The summed E-state index contributed by atoms with van der Waals surface area (Å²) >= 11 is 0. The summed E-state index contributed by atoms with van der Waals surface area (Å²) < 4.78 is 64.7. The van der Waals surface area contributed by atoms with Crippen LogP contribution in [0.1, 0.15) is 24.0 Å². The average Bonchev–Trinajstić information content (AvgIpc) is 2.61. The van der Waals surface area contributed by atoms with Crippen molar-refractivity contribution in [1.82, 2.24) is 0 Å². The molecule has 0 unspecified atom stereocenters. The normalized spacial score (nSPS) is 11.6. The monoisotopic (exact) mass is 452 g/mol. The van der Waals surface area contributed by atoms with Crippen LogP contribution in [0, 0.1) is 13.8 Å². The summed E-state index contributed by atoms with van der Waals surface area (Å²) in [7, 11) is -8.72. The molecular formula is C18H22NaO8PS. The number of hydrogen-bond acceptors (Lipinski definition) is 8. The van der Waals surface area contributed by atoms with Crippen molar-refractivity contribution in [2.75, 3.05) is 13.2 Å². The second kappa shape index (κ2) is 12.1. The van der Waals surface area contributed by atoms with Gasteiger partial charge in [-0.25, -0.2) is 13.0 Å². The maximum atomic E-state index is 13.1. The quantitative estimate of drug-likeness (QED) is 0.164. The van der Waals surface area contributed by atoms with E-state index >= 15 is 0 Å². The summed E-state index contributed by atoms with van der Waals surface area (Å²) in [5, 5.41) is 0. The van der Waals surface area contributed by atoms with Crippen LogP contribution in [0.25, 0.3) is 0 Å². The second-order valence-corrected chi connectivity index (χ2v) is 8.60. The number of phosphoric ester groups is 1. The number of unbranched alkanes of at least 4 members (excludes halogenated alkanes) is 1. The number of benzene rings is 2. The van der Waals surface area contributed by atoms with E-state index in [1.165, 1.54) is 0 Å². The first-order chi connectivity index (χ1) is 13.2. The van der Waals surface area contributed by atoms with Gasteiger partial charge in [0.1, 0.15) is 11.5 Å². The zero-order valence-corrected chi connectivity index (χ0v) is 20.3. The summed E-state index contributed by atoms with van der Waals surface area (Å²) in [6.45, 7) is 3.49. The minimum Gasteiger partial charge on any atom is -0.726 e. The van der Waals surface area contributed by atoms with Crippen LogP contribution in [0.4, 0.5) is 0 Å². The van der Waals surface area contributed by atoms with Crippen LogP contribution >= 0.6 is 7.82 Å². The number of phosphoric acid groups is 1. The van der Waals surface area contributed by atoms with Crippen molar-refractivity contribution in [1.29, 1.82) is 0 Å². The molecule has 0 fully saturated rings.